The highest BCUT2D eigenvalue weighted by atomic mass is 16.5. The summed E-state index contributed by atoms with van der Waals surface area (Å²) < 4.78 is 7.67. The molecule has 2 aromatic rings. The van der Waals surface area contributed by atoms with Crippen molar-refractivity contribution in [2.24, 2.45) is 5.92 Å². The molecule has 0 bridgehead atoms. The topological polar surface area (TPSA) is 58.5 Å². The number of benzene rings is 1. The standard InChI is InChI=1S/C25H36N4O2/c1-4-9-29-17-19-16-22(25(30)26-8-10-28-11-13-31-14-12-28)27-21(15-18(2)3)20-6-5-7-23(29)24(19)20/h4-7,17-18,21-22,27H,1,8-16H2,2-3H3,(H,26,30). The maximum absolute atomic E-state index is 13.2. The first-order valence-corrected chi connectivity index (χ1v) is 11.6. The summed E-state index contributed by atoms with van der Waals surface area (Å²) in [7, 11) is 0. The lowest BCUT2D eigenvalue weighted by Gasteiger charge is -2.28. The Bertz CT molecular complexity index is 914. The van der Waals surface area contributed by atoms with Crippen LogP contribution in [0, 0.1) is 5.92 Å². The normalized spacial score (nSPS) is 21.9. The van der Waals surface area contributed by atoms with Gasteiger partial charge in [0.15, 0.2) is 0 Å². The maximum atomic E-state index is 13.2. The zero-order valence-corrected chi connectivity index (χ0v) is 18.9. The highest BCUT2D eigenvalue weighted by molar-refractivity contribution is 5.90. The second kappa shape index (κ2) is 9.98. The van der Waals surface area contributed by atoms with Gasteiger partial charge < -0.3 is 14.6 Å². The fraction of sp³-hybridized carbons (Fsp3) is 0.560. The predicted octanol–water partition coefficient (Wildman–Crippen LogP) is 2.88. The number of aromatic nitrogens is 1. The van der Waals surface area contributed by atoms with Crippen LogP contribution >= 0.6 is 0 Å². The molecule has 0 radical (unpaired) electrons. The first kappa shape index (κ1) is 22.1. The third-order valence-corrected chi connectivity index (χ3v) is 6.40. The smallest absolute Gasteiger partial charge is 0.237 e. The van der Waals surface area contributed by atoms with Crippen LogP contribution in [0.15, 0.2) is 37.1 Å². The lowest BCUT2D eigenvalue weighted by Crippen LogP contribution is -2.48. The average molecular weight is 425 g/mol. The van der Waals surface area contributed by atoms with Crippen LogP contribution in [0.2, 0.25) is 0 Å². The van der Waals surface area contributed by atoms with E-state index in [1.165, 1.54) is 22.0 Å². The molecule has 1 saturated heterocycles. The molecule has 6 nitrogen and oxygen atoms in total. The van der Waals surface area contributed by atoms with E-state index in [1.807, 2.05) is 6.08 Å². The molecule has 2 unspecified atom stereocenters. The van der Waals surface area contributed by atoms with Crippen molar-refractivity contribution in [1.82, 2.24) is 20.1 Å². The third kappa shape index (κ3) is 5.03. The number of hydrogen-bond donors (Lipinski definition) is 2. The Labute approximate surface area is 185 Å². The van der Waals surface area contributed by atoms with Gasteiger partial charge in [-0.15, -0.1) is 6.58 Å². The molecule has 2 aliphatic heterocycles. The summed E-state index contributed by atoms with van der Waals surface area (Å²) in [6, 6.07) is 6.48. The van der Waals surface area contributed by atoms with Gasteiger partial charge in [-0.1, -0.05) is 32.1 Å². The Morgan fingerprint density at radius 3 is 2.90 bits per heavy atom. The van der Waals surface area contributed by atoms with Crippen molar-refractivity contribution in [3.05, 3.63) is 48.2 Å². The lowest BCUT2D eigenvalue weighted by atomic mass is 9.94. The highest BCUT2D eigenvalue weighted by Crippen LogP contribution is 2.35. The SMILES string of the molecule is C=CCn1cc2c3c(cccc31)C(CC(C)C)NC(C(=O)NCCN1CCOCC1)C2. The number of hydrogen-bond acceptors (Lipinski definition) is 4. The quantitative estimate of drug-likeness (QED) is 0.640. The molecule has 0 aliphatic carbocycles. The molecule has 0 spiro atoms. The van der Waals surface area contributed by atoms with Crippen molar-refractivity contribution in [1.29, 1.82) is 0 Å². The minimum atomic E-state index is -0.233. The van der Waals surface area contributed by atoms with E-state index >= 15 is 0 Å². The minimum absolute atomic E-state index is 0.0967. The summed E-state index contributed by atoms with van der Waals surface area (Å²) in [5.41, 5.74) is 3.79. The van der Waals surface area contributed by atoms with Crippen LogP contribution in [0.5, 0.6) is 0 Å². The predicted molar refractivity (Wildman–Crippen MR) is 125 cm³/mol. The molecule has 2 aliphatic rings. The number of nitrogens with zero attached hydrogens (tertiary/aromatic N) is 2. The van der Waals surface area contributed by atoms with E-state index < -0.39 is 0 Å². The van der Waals surface area contributed by atoms with Crippen LogP contribution in [0.4, 0.5) is 0 Å². The molecule has 6 heteroatoms. The largest absolute Gasteiger partial charge is 0.379 e. The van der Waals surface area contributed by atoms with Gasteiger partial charge >= 0.3 is 0 Å². The van der Waals surface area contributed by atoms with Crippen LogP contribution < -0.4 is 10.6 Å². The minimum Gasteiger partial charge on any atom is -0.379 e. The van der Waals surface area contributed by atoms with Crippen molar-refractivity contribution in [2.45, 2.75) is 45.3 Å². The zero-order chi connectivity index (χ0) is 21.8. The van der Waals surface area contributed by atoms with Crippen molar-refractivity contribution in [3.8, 4) is 0 Å². The van der Waals surface area contributed by atoms with Crippen molar-refractivity contribution >= 4 is 16.8 Å². The molecule has 3 heterocycles. The molecule has 1 aromatic carbocycles. The van der Waals surface area contributed by atoms with Gasteiger partial charge in [-0.3, -0.25) is 15.0 Å². The van der Waals surface area contributed by atoms with E-state index in [4.69, 9.17) is 4.74 Å². The number of rotatable bonds is 8. The van der Waals surface area contributed by atoms with Gasteiger partial charge in [-0.05, 0) is 36.0 Å². The van der Waals surface area contributed by atoms with Crippen molar-refractivity contribution in [3.63, 3.8) is 0 Å². The Balaban J connectivity index is 1.54. The summed E-state index contributed by atoms with van der Waals surface area (Å²) in [6.07, 6.45) is 5.85. The molecule has 1 fully saturated rings. The second-order valence-corrected chi connectivity index (χ2v) is 9.19. The summed E-state index contributed by atoms with van der Waals surface area (Å²) in [5, 5.41) is 8.20. The molecule has 168 valence electrons. The monoisotopic (exact) mass is 424 g/mol. The summed E-state index contributed by atoms with van der Waals surface area (Å²) in [6.45, 7) is 14.2. The van der Waals surface area contributed by atoms with Gasteiger partial charge in [0.25, 0.3) is 0 Å². The number of carbonyl (C=O) groups is 1. The van der Waals surface area contributed by atoms with Gasteiger partial charge in [0, 0.05) is 55.9 Å². The molecule has 4 rings (SSSR count). The number of ether oxygens (including phenoxy) is 1. The molecule has 2 atom stereocenters. The average Bonchev–Trinajstić information content (AvgIpc) is 3.02. The van der Waals surface area contributed by atoms with Gasteiger partial charge in [-0.25, -0.2) is 0 Å². The molecule has 2 N–H and O–H groups in total. The number of nitrogens with one attached hydrogen (secondary N) is 2. The lowest BCUT2D eigenvalue weighted by molar-refractivity contribution is -0.123. The molecule has 31 heavy (non-hydrogen) atoms. The highest BCUT2D eigenvalue weighted by Gasteiger charge is 2.30. The molecular weight excluding hydrogens is 388 g/mol. The van der Waals surface area contributed by atoms with E-state index in [-0.39, 0.29) is 18.0 Å². The summed E-state index contributed by atoms with van der Waals surface area (Å²) in [5.74, 6) is 0.633. The van der Waals surface area contributed by atoms with Gasteiger partial charge in [-0.2, -0.15) is 0 Å². The number of amides is 1. The van der Waals surface area contributed by atoms with Crippen LogP contribution in [0.3, 0.4) is 0 Å². The van der Waals surface area contributed by atoms with E-state index in [1.54, 1.807) is 0 Å². The third-order valence-electron chi connectivity index (χ3n) is 6.40. The maximum Gasteiger partial charge on any atom is 0.237 e. The van der Waals surface area contributed by atoms with Crippen molar-refractivity contribution in [2.75, 3.05) is 39.4 Å². The van der Waals surface area contributed by atoms with E-state index in [0.717, 1.165) is 45.8 Å². The van der Waals surface area contributed by atoms with Gasteiger partial charge in [0.2, 0.25) is 5.91 Å². The number of allylic oxidation sites excluding steroid dienone is 1. The van der Waals surface area contributed by atoms with Gasteiger partial charge in [0.1, 0.15) is 0 Å². The Morgan fingerprint density at radius 1 is 1.35 bits per heavy atom. The van der Waals surface area contributed by atoms with E-state index in [9.17, 15) is 4.79 Å². The second-order valence-electron chi connectivity index (χ2n) is 9.19. The van der Waals surface area contributed by atoms with Crippen LogP contribution in [0.1, 0.15) is 37.4 Å². The fourth-order valence-electron chi connectivity index (χ4n) is 4.94. The Morgan fingerprint density at radius 2 is 2.16 bits per heavy atom. The van der Waals surface area contributed by atoms with E-state index in [2.05, 4.69) is 64.9 Å². The number of morpholine rings is 1. The molecule has 1 amide bonds. The Hall–Kier alpha value is -2.15. The van der Waals surface area contributed by atoms with E-state index in [0.29, 0.717) is 18.9 Å². The van der Waals surface area contributed by atoms with Crippen LogP contribution in [0.25, 0.3) is 10.9 Å². The zero-order valence-electron chi connectivity index (χ0n) is 18.9. The molecule has 1 aromatic heterocycles. The number of carbonyl (C=O) groups excluding carboxylic acids is 1. The fourth-order valence-corrected chi connectivity index (χ4v) is 4.94. The Kier molecular flexibility index (Phi) is 7.10. The first-order chi connectivity index (χ1) is 15.1. The summed E-state index contributed by atoms with van der Waals surface area (Å²) in [4.78, 5) is 15.5. The first-order valence-electron chi connectivity index (χ1n) is 11.6. The molecule has 0 saturated carbocycles. The van der Waals surface area contributed by atoms with Gasteiger partial charge in [0.05, 0.1) is 19.3 Å². The van der Waals surface area contributed by atoms with Crippen LogP contribution in [-0.2, 0) is 22.5 Å². The van der Waals surface area contributed by atoms with Crippen LogP contribution in [-0.4, -0.2) is 60.8 Å². The summed E-state index contributed by atoms with van der Waals surface area (Å²) >= 11 is 0. The molecular formula is C25H36N4O2. The van der Waals surface area contributed by atoms with Crippen molar-refractivity contribution < 1.29 is 9.53 Å².